The van der Waals surface area contributed by atoms with Crippen molar-refractivity contribution in [2.75, 3.05) is 0 Å². The number of alkyl halides is 3. The van der Waals surface area contributed by atoms with E-state index in [1.54, 1.807) is 80.8 Å². The van der Waals surface area contributed by atoms with Gasteiger partial charge in [0.25, 0.3) is 0 Å². The summed E-state index contributed by atoms with van der Waals surface area (Å²) >= 11 is 0. The molecule has 0 saturated heterocycles. The monoisotopic (exact) mass is 695 g/mol. The molecule has 0 aliphatic carbocycles. The lowest BCUT2D eigenvalue weighted by Gasteiger charge is -2.27. The van der Waals surface area contributed by atoms with Crippen molar-refractivity contribution in [2.24, 2.45) is 17.8 Å². The van der Waals surface area contributed by atoms with Crippen molar-refractivity contribution in [1.29, 1.82) is 0 Å². The van der Waals surface area contributed by atoms with Gasteiger partial charge in [0.1, 0.15) is 5.78 Å². The largest absolute Gasteiger partial charge is 0.416 e. The maximum atomic E-state index is 13.7. The Hall–Kier alpha value is -4.71. The minimum atomic E-state index is -5.05. The molecule has 3 N–H and O–H groups in total. The predicted octanol–water partition coefficient (Wildman–Crippen LogP) is 5.69. The number of benzene rings is 2. The van der Waals surface area contributed by atoms with Crippen LogP contribution in [0.2, 0.25) is 0 Å². The molecule has 12 heteroatoms. The number of nitrogens with one attached hydrogen (secondary N) is 2. The van der Waals surface area contributed by atoms with Crippen molar-refractivity contribution < 1.29 is 42.3 Å². The van der Waals surface area contributed by atoms with Gasteiger partial charge in [0.2, 0.25) is 11.8 Å². The molecule has 0 saturated carbocycles. The molecule has 3 rings (SSSR count). The highest BCUT2D eigenvalue weighted by molar-refractivity contribution is 6.00. The van der Waals surface area contributed by atoms with Gasteiger partial charge >= 0.3 is 6.18 Å². The number of aliphatic hydroxyl groups is 1. The Balaban J connectivity index is 1.74. The average molecular weight is 696 g/mol. The van der Waals surface area contributed by atoms with Crippen LogP contribution in [0.25, 0.3) is 11.1 Å². The molecule has 0 bridgehead atoms. The Morgan fingerprint density at radius 2 is 1.48 bits per heavy atom. The molecule has 0 spiro atoms. The summed E-state index contributed by atoms with van der Waals surface area (Å²) in [6, 6.07) is 16.6. The second-order valence-corrected chi connectivity index (χ2v) is 13.0. The third kappa shape index (κ3) is 12.0. The van der Waals surface area contributed by atoms with E-state index in [1.165, 1.54) is 13.8 Å². The molecule has 0 aliphatic rings. The van der Waals surface area contributed by atoms with Gasteiger partial charge in [-0.15, -0.1) is 0 Å². The number of halogens is 3. The molecule has 0 aliphatic heterocycles. The van der Waals surface area contributed by atoms with Crippen LogP contribution in [0.4, 0.5) is 13.2 Å². The van der Waals surface area contributed by atoms with Gasteiger partial charge in [0.05, 0.1) is 12.1 Å². The standard InChI is InChI=1S/C38H44F3N3O6/c1-23(2)30(21-33(46)28-15-13-27(14-16-28)29-11-8-18-42-22-29)37(50)44-32(20-26-9-6-5-7-10-26)34(47)19-24(3)36(49)43-31(17-12-25(4)45)35(48)38(39,40)41/h5-11,13-16,18,22-24,30-32,35,48H,12,17,19-21H2,1-4H3,(H,43,49)(H,44,50)/t24-,30+,31?,32+,35?/m1/s1. The van der Waals surface area contributed by atoms with Gasteiger partial charge in [-0.1, -0.05) is 81.4 Å². The van der Waals surface area contributed by atoms with Crippen LogP contribution < -0.4 is 10.6 Å². The molecular formula is C38H44F3N3O6. The van der Waals surface area contributed by atoms with Crippen LogP contribution in [-0.2, 0) is 25.6 Å². The normalized spacial score (nSPS) is 14.6. The Bertz CT molecular complexity index is 1600. The van der Waals surface area contributed by atoms with Crippen LogP contribution in [0.15, 0.2) is 79.1 Å². The average Bonchev–Trinajstić information content (AvgIpc) is 3.08. The quantitative estimate of drug-likeness (QED) is 0.145. The van der Waals surface area contributed by atoms with E-state index in [1.807, 2.05) is 12.1 Å². The van der Waals surface area contributed by atoms with E-state index in [-0.39, 0.29) is 31.0 Å². The first-order chi connectivity index (χ1) is 23.6. The second kappa shape index (κ2) is 18.3. The Morgan fingerprint density at radius 1 is 0.820 bits per heavy atom. The zero-order chi connectivity index (χ0) is 37.0. The number of carbonyl (C=O) groups excluding carboxylic acids is 5. The van der Waals surface area contributed by atoms with Crippen molar-refractivity contribution in [3.63, 3.8) is 0 Å². The Morgan fingerprint density at radius 3 is 2.04 bits per heavy atom. The van der Waals surface area contributed by atoms with Gasteiger partial charge < -0.3 is 20.5 Å². The van der Waals surface area contributed by atoms with E-state index in [9.17, 15) is 42.3 Å². The molecular weight excluding hydrogens is 651 g/mol. The first-order valence-electron chi connectivity index (χ1n) is 16.5. The van der Waals surface area contributed by atoms with Crippen LogP contribution in [0.5, 0.6) is 0 Å². The summed E-state index contributed by atoms with van der Waals surface area (Å²) < 4.78 is 39.9. The third-order valence-electron chi connectivity index (χ3n) is 8.54. The number of pyridine rings is 1. The van der Waals surface area contributed by atoms with Gasteiger partial charge in [-0.3, -0.25) is 24.2 Å². The zero-order valence-electron chi connectivity index (χ0n) is 28.6. The summed E-state index contributed by atoms with van der Waals surface area (Å²) in [7, 11) is 0. The number of hydrogen-bond donors (Lipinski definition) is 3. The fourth-order valence-corrected chi connectivity index (χ4v) is 5.46. The van der Waals surface area contributed by atoms with Crippen molar-refractivity contribution >= 4 is 29.2 Å². The summed E-state index contributed by atoms with van der Waals surface area (Å²) in [5.41, 5.74) is 2.90. The van der Waals surface area contributed by atoms with Crippen molar-refractivity contribution in [3.8, 4) is 11.1 Å². The van der Waals surface area contributed by atoms with Gasteiger partial charge in [-0.25, -0.2) is 0 Å². The predicted molar refractivity (Wildman–Crippen MR) is 182 cm³/mol. The minimum absolute atomic E-state index is 0.0718. The Labute approximate surface area is 290 Å². The first kappa shape index (κ1) is 39.7. The molecule has 1 heterocycles. The number of rotatable bonds is 18. The first-order valence-corrected chi connectivity index (χ1v) is 16.5. The molecule has 268 valence electrons. The zero-order valence-corrected chi connectivity index (χ0v) is 28.6. The Kier molecular flexibility index (Phi) is 14.6. The lowest BCUT2D eigenvalue weighted by atomic mass is 9.87. The van der Waals surface area contributed by atoms with Gasteiger partial charge in [0, 0.05) is 49.1 Å². The number of ketones is 3. The summed E-state index contributed by atoms with van der Waals surface area (Å²) in [4.78, 5) is 69.1. The lowest BCUT2D eigenvalue weighted by Crippen LogP contribution is -2.52. The summed E-state index contributed by atoms with van der Waals surface area (Å²) in [5.74, 6) is -4.86. The molecule has 1 aromatic heterocycles. The number of aliphatic hydroxyl groups excluding tert-OH is 1. The van der Waals surface area contributed by atoms with Crippen molar-refractivity contribution in [2.45, 2.75) is 84.2 Å². The van der Waals surface area contributed by atoms with Crippen LogP contribution in [0.3, 0.4) is 0 Å². The highest BCUT2D eigenvalue weighted by atomic mass is 19.4. The van der Waals surface area contributed by atoms with E-state index >= 15 is 0 Å². The highest BCUT2D eigenvalue weighted by Crippen LogP contribution is 2.26. The topological polar surface area (TPSA) is 143 Å². The van der Waals surface area contributed by atoms with Gasteiger partial charge in [0.15, 0.2) is 17.7 Å². The smallest absolute Gasteiger partial charge is 0.382 e. The second-order valence-electron chi connectivity index (χ2n) is 13.0. The van der Waals surface area contributed by atoms with Crippen molar-refractivity contribution in [1.82, 2.24) is 15.6 Å². The summed E-state index contributed by atoms with van der Waals surface area (Å²) in [6.07, 6.45) is -5.80. The maximum Gasteiger partial charge on any atom is 0.416 e. The number of nitrogens with zero attached hydrogens (tertiary/aromatic N) is 1. The van der Waals surface area contributed by atoms with E-state index in [2.05, 4.69) is 15.6 Å². The number of carbonyl (C=O) groups is 5. The molecule has 3 aromatic rings. The number of hydrogen-bond acceptors (Lipinski definition) is 7. The van der Waals surface area contributed by atoms with E-state index in [0.717, 1.165) is 11.1 Å². The van der Waals surface area contributed by atoms with E-state index in [4.69, 9.17) is 0 Å². The molecule has 2 amide bonds. The number of amides is 2. The summed E-state index contributed by atoms with van der Waals surface area (Å²) in [6.45, 7) is 6.12. The minimum Gasteiger partial charge on any atom is -0.382 e. The fourth-order valence-electron chi connectivity index (χ4n) is 5.46. The molecule has 5 atom stereocenters. The van der Waals surface area contributed by atoms with Crippen LogP contribution in [0.1, 0.15) is 69.3 Å². The molecule has 0 radical (unpaired) electrons. The molecule has 50 heavy (non-hydrogen) atoms. The SMILES string of the molecule is CC(=O)CCC(NC(=O)[C@H](C)CC(=O)[C@H](Cc1ccccc1)NC(=O)[C@@H](CC(=O)c1ccc(-c2cccnc2)cc1)C(C)C)C(O)C(F)(F)F. The fraction of sp³-hybridized carbons (Fsp3) is 0.421. The number of Topliss-reactive ketones (excluding diaryl/α,β-unsaturated/α-hetero) is 3. The van der Waals surface area contributed by atoms with Crippen LogP contribution in [0, 0.1) is 17.8 Å². The highest BCUT2D eigenvalue weighted by Gasteiger charge is 2.44. The van der Waals surface area contributed by atoms with Crippen molar-refractivity contribution in [3.05, 3.63) is 90.3 Å². The van der Waals surface area contributed by atoms with Crippen LogP contribution >= 0.6 is 0 Å². The maximum absolute atomic E-state index is 13.7. The molecule has 2 aromatic carbocycles. The summed E-state index contributed by atoms with van der Waals surface area (Å²) in [5, 5.41) is 14.8. The molecule has 2 unspecified atom stereocenters. The van der Waals surface area contributed by atoms with Crippen LogP contribution in [-0.4, -0.2) is 63.6 Å². The van der Waals surface area contributed by atoms with E-state index in [0.29, 0.717) is 11.1 Å². The molecule has 9 nitrogen and oxygen atoms in total. The molecule has 0 fully saturated rings. The lowest BCUT2D eigenvalue weighted by molar-refractivity contribution is -0.213. The van der Waals surface area contributed by atoms with E-state index < -0.39 is 72.4 Å². The van der Waals surface area contributed by atoms with Gasteiger partial charge in [-0.05, 0) is 48.4 Å². The van der Waals surface area contributed by atoms with Gasteiger partial charge in [-0.2, -0.15) is 13.2 Å². The number of aromatic nitrogens is 1. The third-order valence-corrected chi connectivity index (χ3v) is 8.54.